The Kier molecular flexibility index (Phi) is 4.87. The summed E-state index contributed by atoms with van der Waals surface area (Å²) in [4.78, 5) is 12.1. The molecule has 0 radical (unpaired) electrons. The highest BCUT2D eigenvalue weighted by atomic mass is 16.1. The molecule has 1 aromatic heterocycles. The van der Waals surface area contributed by atoms with Gasteiger partial charge in [0.1, 0.15) is 5.69 Å². The maximum absolute atomic E-state index is 12.1. The van der Waals surface area contributed by atoms with Crippen LogP contribution in [0.3, 0.4) is 0 Å². The molecular formula is C13H22N4O. The van der Waals surface area contributed by atoms with Gasteiger partial charge < -0.3 is 5.32 Å². The van der Waals surface area contributed by atoms with Crippen LogP contribution in [0.2, 0.25) is 0 Å². The fourth-order valence-electron chi connectivity index (χ4n) is 2.48. The van der Waals surface area contributed by atoms with Crippen LogP contribution in [0.1, 0.15) is 49.5 Å². The Morgan fingerprint density at radius 1 is 1.61 bits per heavy atom. The van der Waals surface area contributed by atoms with Crippen LogP contribution in [0.4, 0.5) is 0 Å². The Morgan fingerprint density at radius 3 is 3.22 bits per heavy atom. The van der Waals surface area contributed by atoms with Crippen molar-refractivity contribution in [2.45, 2.75) is 45.6 Å². The molecule has 1 aliphatic heterocycles. The second-order valence-electron chi connectivity index (χ2n) is 5.02. The summed E-state index contributed by atoms with van der Waals surface area (Å²) in [6.07, 6.45) is 6.63. The van der Waals surface area contributed by atoms with Crippen molar-refractivity contribution in [1.29, 1.82) is 0 Å². The van der Waals surface area contributed by atoms with Crippen LogP contribution in [0.15, 0.2) is 6.20 Å². The number of hydrogen-bond acceptors (Lipinski definition) is 4. The predicted molar refractivity (Wildman–Crippen MR) is 69.5 cm³/mol. The van der Waals surface area contributed by atoms with Crippen LogP contribution >= 0.6 is 0 Å². The van der Waals surface area contributed by atoms with Gasteiger partial charge in [-0.05, 0) is 44.7 Å². The van der Waals surface area contributed by atoms with E-state index in [-0.39, 0.29) is 5.78 Å². The van der Waals surface area contributed by atoms with Crippen LogP contribution < -0.4 is 5.32 Å². The lowest BCUT2D eigenvalue weighted by Gasteiger charge is -2.22. The summed E-state index contributed by atoms with van der Waals surface area (Å²) < 4.78 is 1.72. The first-order valence-corrected chi connectivity index (χ1v) is 6.93. The molecule has 1 atom stereocenters. The van der Waals surface area contributed by atoms with E-state index in [1.165, 1.54) is 12.8 Å². The van der Waals surface area contributed by atoms with Crippen molar-refractivity contribution in [3.8, 4) is 0 Å². The van der Waals surface area contributed by atoms with E-state index in [9.17, 15) is 4.79 Å². The van der Waals surface area contributed by atoms with Gasteiger partial charge in [-0.2, -0.15) is 0 Å². The molecule has 2 heterocycles. The normalized spacial score (nSPS) is 19.9. The van der Waals surface area contributed by atoms with Gasteiger partial charge in [0.2, 0.25) is 0 Å². The minimum Gasteiger partial charge on any atom is -0.316 e. The molecule has 1 fully saturated rings. The number of nitrogens with zero attached hydrogens (tertiary/aromatic N) is 3. The van der Waals surface area contributed by atoms with E-state index in [0.29, 0.717) is 18.0 Å². The van der Waals surface area contributed by atoms with Gasteiger partial charge >= 0.3 is 0 Å². The molecule has 5 nitrogen and oxygen atoms in total. The van der Waals surface area contributed by atoms with Crippen LogP contribution in [0.5, 0.6) is 0 Å². The fourth-order valence-corrected chi connectivity index (χ4v) is 2.48. The number of nitrogens with one attached hydrogen (secondary N) is 1. The summed E-state index contributed by atoms with van der Waals surface area (Å²) in [5.74, 6) is 0.831. The molecule has 0 aromatic carbocycles. The zero-order valence-electron chi connectivity index (χ0n) is 11.1. The van der Waals surface area contributed by atoms with Crippen molar-refractivity contribution in [2.75, 3.05) is 13.1 Å². The number of rotatable bonds is 6. The summed E-state index contributed by atoms with van der Waals surface area (Å²) in [6.45, 7) is 5.02. The fraction of sp³-hybridized carbons (Fsp3) is 0.769. The molecule has 2 rings (SSSR count). The first kappa shape index (κ1) is 13.2. The Bertz CT molecular complexity index is 382. The molecule has 1 unspecified atom stereocenters. The Labute approximate surface area is 108 Å². The zero-order valence-corrected chi connectivity index (χ0v) is 11.1. The van der Waals surface area contributed by atoms with E-state index >= 15 is 0 Å². The van der Waals surface area contributed by atoms with Crippen molar-refractivity contribution in [2.24, 2.45) is 5.92 Å². The molecule has 0 amide bonds. The summed E-state index contributed by atoms with van der Waals surface area (Å²) in [5, 5.41) is 11.2. The average Bonchev–Trinajstić information content (AvgIpc) is 2.86. The van der Waals surface area contributed by atoms with Gasteiger partial charge in [-0.3, -0.25) is 4.79 Å². The third-order valence-electron chi connectivity index (χ3n) is 3.52. The van der Waals surface area contributed by atoms with Crippen molar-refractivity contribution in [3.63, 3.8) is 0 Å². The van der Waals surface area contributed by atoms with Crippen LogP contribution in [0.25, 0.3) is 0 Å². The monoisotopic (exact) mass is 250 g/mol. The highest BCUT2D eigenvalue weighted by Gasteiger charge is 2.17. The predicted octanol–water partition coefficient (Wildman–Crippen LogP) is 1.65. The first-order chi connectivity index (χ1) is 8.81. The van der Waals surface area contributed by atoms with Gasteiger partial charge in [0.05, 0.1) is 6.20 Å². The number of piperidine rings is 1. The molecule has 5 heteroatoms. The first-order valence-electron chi connectivity index (χ1n) is 6.93. The van der Waals surface area contributed by atoms with Gasteiger partial charge in [-0.15, -0.1) is 5.10 Å². The number of aryl methyl sites for hydroxylation is 1. The minimum atomic E-state index is 0.180. The third kappa shape index (κ3) is 3.38. The molecular weight excluding hydrogens is 228 g/mol. The second-order valence-corrected chi connectivity index (χ2v) is 5.02. The van der Waals surface area contributed by atoms with E-state index in [4.69, 9.17) is 0 Å². The molecule has 1 aromatic rings. The van der Waals surface area contributed by atoms with E-state index in [1.54, 1.807) is 10.9 Å². The Balaban J connectivity index is 1.84. The van der Waals surface area contributed by atoms with E-state index in [0.717, 1.165) is 32.5 Å². The SMILES string of the molecule is CCCn1nncc1C(=O)CCC1CCCNC1. The maximum Gasteiger partial charge on any atom is 0.182 e. The zero-order chi connectivity index (χ0) is 12.8. The van der Waals surface area contributed by atoms with Gasteiger partial charge in [0, 0.05) is 13.0 Å². The van der Waals surface area contributed by atoms with Gasteiger partial charge in [0.15, 0.2) is 5.78 Å². The van der Waals surface area contributed by atoms with Crippen LogP contribution in [0, 0.1) is 5.92 Å². The molecule has 0 aliphatic carbocycles. The lowest BCUT2D eigenvalue weighted by atomic mass is 9.93. The summed E-state index contributed by atoms with van der Waals surface area (Å²) in [7, 11) is 0. The molecule has 0 spiro atoms. The number of ketones is 1. The van der Waals surface area contributed by atoms with Crippen molar-refractivity contribution >= 4 is 5.78 Å². The quantitative estimate of drug-likeness (QED) is 0.780. The summed E-state index contributed by atoms with van der Waals surface area (Å²) in [6, 6.07) is 0. The molecule has 1 N–H and O–H groups in total. The van der Waals surface area contributed by atoms with E-state index in [2.05, 4.69) is 22.6 Å². The van der Waals surface area contributed by atoms with Gasteiger partial charge in [-0.25, -0.2) is 4.68 Å². The minimum absolute atomic E-state index is 0.180. The van der Waals surface area contributed by atoms with Gasteiger partial charge in [-0.1, -0.05) is 12.1 Å². The van der Waals surface area contributed by atoms with E-state index < -0.39 is 0 Å². The summed E-state index contributed by atoms with van der Waals surface area (Å²) >= 11 is 0. The second kappa shape index (κ2) is 6.64. The number of Topliss-reactive ketones (excluding diaryl/α,β-unsaturated/α-hetero) is 1. The lowest BCUT2D eigenvalue weighted by molar-refractivity contribution is 0.0960. The Hall–Kier alpha value is -1.23. The molecule has 1 aliphatic rings. The van der Waals surface area contributed by atoms with Crippen LogP contribution in [-0.2, 0) is 6.54 Å². The van der Waals surface area contributed by atoms with Crippen molar-refractivity contribution < 1.29 is 4.79 Å². The van der Waals surface area contributed by atoms with Crippen LogP contribution in [-0.4, -0.2) is 33.9 Å². The highest BCUT2D eigenvalue weighted by molar-refractivity contribution is 5.94. The third-order valence-corrected chi connectivity index (χ3v) is 3.52. The van der Waals surface area contributed by atoms with E-state index in [1.807, 2.05) is 0 Å². The average molecular weight is 250 g/mol. The Morgan fingerprint density at radius 2 is 2.50 bits per heavy atom. The number of carbonyl (C=O) groups is 1. The molecule has 0 saturated carbocycles. The number of carbonyl (C=O) groups excluding carboxylic acids is 1. The summed E-state index contributed by atoms with van der Waals surface area (Å²) in [5.41, 5.74) is 0.667. The van der Waals surface area contributed by atoms with Gasteiger partial charge in [0.25, 0.3) is 0 Å². The molecule has 0 bridgehead atoms. The standard InChI is InChI=1S/C13H22N4O/c1-2-8-17-12(10-15-16-17)13(18)6-5-11-4-3-7-14-9-11/h10-11,14H,2-9H2,1H3. The van der Waals surface area contributed by atoms with Crippen molar-refractivity contribution in [1.82, 2.24) is 20.3 Å². The molecule has 100 valence electrons. The highest BCUT2D eigenvalue weighted by Crippen LogP contribution is 2.17. The number of aromatic nitrogens is 3. The molecule has 18 heavy (non-hydrogen) atoms. The number of hydrogen-bond donors (Lipinski definition) is 1. The smallest absolute Gasteiger partial charge is 0.182 e. The topological polar surface area (TPSA) is 59.8 Å². The maximum atomic E-state index is 12.1. The molecule has 1 saturated heterocycles. The van der Waals surface area contributed by atoms with Crippen molar-refractivity contribution in [3.05, 3.63) is 11.9 Å². The lowest BCUT2D eigenvalue weighted by Crippen LogP contribution is -2.30. The largest absolute Gasteiger partial charge is 0.316 e.